The molecule has 0 aliphatic carbocycles. The zero-order chi connectivity index (χ0) is 20.9. The van der Waals surface area contributed by atoms with Gasteiger partial charge in [-0.2, -0.15) is 0 Å². The molecule has 6 heteroatoms. The fourth-order valence-electron chi connectivity index (χ4n) is 3.97. The first kappa shape index (κ1) is 20.2. The van der Waals surface area contributed by atoms with Crippen LogP contribution in [0.15, 0.2) is 65.1 Å². The minimum atomic E-state index is -0.385. The van der Waals surface area contributed by atoms with E-state index >= 15 is 0 Å². The molecule has 1 aliphatic heterocycles. The second-order valence-corrected chi connectivity index (χ2v) is 7.35. The monoisotopic (exact) mass is 408 g/mol. The molecule has 0 saturated carbocycles. The smallest absolute Gasteiger partial charge is 0.287 e. The number of carbonyl (C=O) groups excluding carboxylic acids is 1. The quantitative estimate of drug-likeness (QED) is 0.618. The topological polar surface area (TPSA) is 54.7 Å². The van der Waals surface area contributed by atoms with Crippen LogP contribution in [0.1, 0.15) is 35.0 Å². The molecule has 1 unspecified atom stereocenters. The summed E-state index contributed by atoms with van der Waals surface area (Å²) in [5.41, 5.74) is 1.38. The average Bonchev–Trinajstić information content (AvgIpc) is 3.47. The minimum absolute atomic E-state index is 0.00796. The highest BCUT2D eigenvalue weighted by Crippen LogP contribution is 2.31. The van der Waals surface area contributed by atoms with Crippen LogP contribution < -0.4 is 10.1 Å². The van der Waals surface area contributed by atoms with E-state index in [1.807, 2.05) is 24.3 Å². The molecule has 1 atom stereocenters. The predicted molar refractivity (Wildman–Crippen MR) is 113 cm³/mol. The molecule has 3 aromatic rings. The maximum absolute atomic E-state index is 14.0. The Hall–Kier alpha value is -3.12. The lowest BCUT2D eigenvalue weighted by atomic mass is 10.0. The number of carbonyl (C=O) groups is 1. The van der Waals surface area contributed by atoms with Crippen molar-refractivity contribution in [1.29, 1.82) is 0 Å². The van der Waals surface area contributed by atoms with Crippen LogP contribution >= 0.6 is 0 Å². The summed E-state index contributed by atoms with van der Waals surface area (Å²) in [4.78, 5) is 15.1. The summed E-state index contributed by atoms with van der Waals surface area (Å²) in [6.07, 6.45) is 2.29. The summed E-state index contributed by atoms with van der Waals surface area (Å²) in [7, 11) is 1.66. The van der Waals surface area contributed by atoms with Crippen molar-refractivity contribution in [2.75, 3.05) is 26.7 Å². The van der Waals surface area contributed by atoms with Crippen molar-refractivity contribution in [3.63, 3.8) is 0 Å². The number of rotatable bonds is 7. The van der Waals surface area contributed by atoms with Crippen molar-refractivity contribution in [2.45, 2.75) is 18.9 Å². The number of furan rings is 1. The third kappa shape index (κ3) is 4.24. The van der Waals surface area contributed by atoms with Gasteiger partial charge in [0.2, 0.25) is 0 Å². The van der Waals surface area contributed by atoms with Crippen LogP contribution in [-0.2, 0) is 0 Å². The van der Waals surface area contributed by atoms with Gasteiger partial charge in [-0.1, -0.05) is 30.3 Å². The highest BCUT2D eigenvalue weighted by atomic mass is 19.1. The van der Waals surface area contributed by atoms with Crippen molar-refractivity contribution < 1.29 is 18.3 Å². The molecule has 2 aromatic carbocycles. The number of halogens is 1. The summed E-state index contributed by atoms with van der Waals surface area (Å²) in [6, 6.07) is 17.4. The summed E-state index contributed by atoms with van der Waals surface area (Å²) in [6.45, 7) is 2.39. The van der Waals surface area contributed by atoms with Crippen molar-refractivity contribution >= 4 is 5.91 Å². The molecule has 2 heterocycles. The second-order valence-electron chi connectivity index (χ2n) is 7.35. The van der Waals surface area contributed by atoms with Gasteiger partial charge in [0.1, 0.15) is 17.3 Å². The number of ether oxygens (including phenoxy) is 1. The van der Waals surface area contributed by atoms with E-state index in [1.54, 1.807) is 37.4 Å². The maximum Gasteiger partial charge on any atom is 0.287 e. The van der Waals surface area contributed by atoms with Crippen LogP contribution in [0.5, 0.6) is 5.75 Å². The Labute approximate surface area is 175 Å². The molecule has 5 nitrogen and oxygen atoms in total. The molecule has 4 rings (SSSR count). The van der Waals surface area contributed by atoms with Gasteiger partial charge in [-0.3, -0.25) is 9.69 Å². The third-order valence-electron chi connectivity index (χ3n) is 5.50. The molecule has 0 spiro atoms. The number of para-hydroxylation sites is 1. The number of methoxy groups -OCH3 is 1. The molecular formula is C24H25FN2O3. The normalized spacial score (nSPS) is 15.1. The van der Waals surface area contributed by atoms with Gasteiger partial charge in [0, 0.05) is 12.1 Å². The van der Waals surface area contributed by atoms with Crippen LogP contribution in [0.4, 0.5) is 4.39 Å². The lowest BCUT2D eigenvalue weighted by Gasteiger charge is -2.29. The molecule has 1 saturated heterocycles. The Morgan fingerprint density at radius 2 is 1.83 bits per heavy atom. The SMILES string of the molecule is COc1ccccc1C(CNC(=O)c1ccc(-c2ccccc2F)o1)N1CCCC1. The van der Waals surface area contributed by atoms with E-state index < -0.39 is 0 Å². The van der Waals surface area contributed by atoms with Gasteiger partial charge in [-0.15, -0.1) is 0 Å². The van der Waals surface area contributed by atoms with E-state index in [2.05, 4.69) is 10.2 Å². The lowest BCUT2D eigenvalue weighted by molar-refractivity contribution is 0.0910. The van der Waals surface area contributed by atoms with E-state index in [4.69, 9.17) is 9.15 Å². The Balaban J connectivity index is 1.50. The van der Waals surface area contributed by atoms with Gasteiger partial charge in [-0.05, 0) is 56.3 Å². The maximum atomic E-state index is 14.0. The largest absolute Gasteiger partial charge is 0.496 e. The van der Waals surface area contributed by atoms with Crippen LogP contribution in [0.3, 0.4) is 0 Å². The number of benzene rings is 2. The van der Waals surface area contributed by atoms with E-state index in [1.165, 1.54) is 6.07 Å². The number of nitrogens with one attached hydrogen (secondary N) is 1. The van der Waals surface area contributed by atoms with Crippen molar-refractivity contribution in [1.82, 2.24) is 10.2 Å². The number of hydrogen-bond acceptors (Lipinski definition) is 4. The molecule has 1 aliphatic rings. The van der Waals surface area contributed by atoms with Gasteiger partial charge in [0.25, 0.3) is 5.91 Å². The number of nitrogens with zero attached hydrogens (tertiary/aromatic N) is 1. The summed E-state index contributed by atoms with van der Waals surface area (Å²) < 4.78 is 25.2. The highest BCUT2D eigenvalue weighted by molar-refractivity contribution is 5.92. The van der Waals surface area contributed by atoms with E-state index in [-0.39, 0.29) is 23.5 Å². The standard InChI is InChI=1S/C24H25FN2O3/c1-29-21-11-5-3-9-18(21)20(27-14-6-7-15-27)16-26-24(28)23-13-12-22(30-23)17-8-2-4-10-19(17)25/h2-5,8-13,20H,6-7,14-16H2,1H3,(H,26,28). The molecule has 0 bridgehead atoms. The summed E-state index contributed by atoms with van der Waals surface area (Å²) >= 11 is 0. The van der Waals surface area contributed by atoms with Gasteiger partial charge in [0.15, 0.2) is 5.76 Å². The van der Waals surface area contributed by atoms with Crippen molar-refractivity contribution in [2.24, 2.45) is 0 Å². The molecule has 1 amide bonds. The van der Waals surface area contributed by atoms with Crippen molar-refractivity contribution in [3.8, 4) is 17.1 Å². The molecular weight excluding hydrogens is 383 g/mol. The molecule has 1 aromatic heterocycles. The van der Waals surface area contributed by atoms with Gasteiger partial charge in [0.05, 0.1) is 18.7 Å². The fraction of sp³-hybridized carbons (Fsp3) is 0.292. The Morgan fingerprint density at radius 3 is 2.60 bits per heavy atom. The molecule has 1 fully saturated rings. The zero-order valence-electron chi connectivity index (χ0n) is 16.9. The average molecular weight is 408 g/mol. The van der Waals surface area contributed by atoms with Gasteiger partial charge < -0.3 is 14.5 Å². The first-order valence-electron chi connectivity index (χ1n) is 10.2. The van der Waals surface area contributed by atoms with E-state index in [0.717, 1.165) is 37.2 Å². The predicted octanol–water partition coefficient (Wildman–Crippen LogP) is 4.66. The Morgan fingerprint density at radius 1 is 1.10 bits per heavy atom. The van der Waals surface area contributed by atoms with Crippen LogP contribution in [0.2, 0.25) is 0 Å². The first-order valence-corrected chi connectivity index (χ1v) is 10.2. The second kappa shape index (κ2) is 9.13. The summed E-state index contributed by atoms with van der Waals surface area (Å²) in [5.74, 6) is 0.594. The first-order chi connectivity index (χ1) is 14.7. The van der Waals surface area contributed by atoms with Gasteiger partial charge in [-0.25, -0.2) is 4.39 Å². The molecule has 30 heavy (non-hydrogen) atoms. The fourth-order valence-corrected chi connectivity index (χ4v) is 3.97. The van der Waals surface area contributed by atoms with Crippen LogP contribution in [-0.4, -0.2) is 37.6 Å². The molecule has 1 N–H and O–H groups in total. The number of amides is 1. The van der Waals surface area contributed by atoms with E-state index in [0.29, 0.717) is 17.9 Å². The zero-order valence-corrected chi connectivity index (χ0v) is 16.9. The minimum Gasteiger partial charge on any atom is -0.496 e. The summed E-state index contributed by atoms with van der Waals surface area (Å²) in [5, 5.41) is 2.98. The van der Waals surface area contributed by atoms with Crippen LogP contribution in [0.25, 0.3) is 11.3 Å². The van der Waals surface area contributed by atoms with E-state index in [9.17, 15) is 9.18 Å². The lowest BCUT2D eigenvalue weighted by Crippen LogP contribution is -2.36. The Kier molecular flexibility index (Phi) is 6.14. The third-order valence-corrected chi connectivity index (χ3v) is 5.50. The van der Waals surface area contributed by atoms with Crippen molar-refractivity contribution in [3.05, 3.63) is 77.8 Å². The van der Waals surface area contributed by atoms with Gasteiger partial charge >= 0.3 is 0 Å². The highest BCUT2D eigenvalue weighted by Gasteiger charge is 2.27. The molecule has 0 radical (unpaired) electrons. The number of hydrogen-bond donors (Lipinski definition) is 1. The Bertz CT molecular complexity index is 1010. The number of likely N-dealkylation sites (tertiary alicyclic amines) is 1. The van der Waals surface area contributed by atoms with Crippen LogP contribution in [0, 0.1) is 5.82 Å². The molecule has 156 valence electrons.